The zero-order chi connectivity index (χ0) is 84.5. The number of fused-ring (bicyclic) bond motifs is 12. The van der Waals surface area contributed by atoms with Crippen molar-refractivity contribution < 1.29 is 0 Å². The first-order chi connectivity index (χ1) is 60.4. The van der Waals surface area contributed by atoms with Crippen molar-refractivity contribution in [2.75, 3.05) is 0 Å². The van der Waals surface area contributed by atoms with Gasteiger partial charge in [-0.1, -0.05) is 458 Å². The summed E-state index contributed by atoms with van der Waals surface area (Å²) in [6.07, 6.45) is 72.5. The molecule has 0 saturated carbocycles. The van der Waals surface area contributed by atoms with Gasteiger partial charge in [-0.15, -0.1) is 0 Å². The van der Waals surface area contributed by atoms with E-state index in [9.17, 15) is 0 Å². The summed E-state index contributed by atoms with van der Waals surface area (Å²) >= 11 is 0. The molecule has 13 rings (SSSR count). The minimum absolute atomic E-state index is 0.0977. The van der Waals surface area contributed by atoms with Crippen LogP contribution in [0, 0.1) is 0 Å². The smallest absolute Gasteiger partial charge is 0.0355 e. The zero-order valence-electron chi connectivity index (χ0n) is 78.9. The first-order valence-electron chi connectivity index (χ1n) is 52.5. The van der Waals surface area contributed by atoms with Gasteiger partial charge < -0.3 is 0 Å². The monoisotopic (exact) mass is 1630 g/mol. The number of aryl methyl sites for hydroxylation is 4. The molecule has 4 aliphatic carbocycles. The second kappa shape index (κ2) is 49.8. The standard InChI is InChI=1S/C122H166/c1-9-17-25-33-37-41-45-49-61-91-73-81-95(82-74-91)111-99-65-57-59-67-101(99)115-103(69-53-29-21-13-5)121-113(97-85-77-93(78-86-97)63-51-47-43-39-35-27-19-11-3)107-90-110-108(89-109(107)117(121)105(119(111)115)71-55-31-23-15-7)114(98-87-79-94(80-88-98)64-52-48-44-40-36-28-20-12-4)122-104(70-54-30-22-14-6)116-102-68-60-58-66-100(102)112(120(116)106(118(110)122)72-56-32-24-16-8)96-83-75-92(76-84-96)62-50-46-42-38-34-26-18-10-2/h57-60,65-68,73-90,111-114H,9-56,61-64,69-72H2,1-8H3. The van der Waals surface area contributed by atoms with Gasteiger partial charge in [0.05, 0.1) is 0 Å². The van der Waals surface area contributed by atoms with E-state index in [1.807, 2.05) is 0 Å². The summed E-state index contributed by atoms with van der Waals surface area (Å²) < 4.78 is 0. The number of hydrogen-bond donors (Lipinski definition) is 0. The molecule has 0 N–H and O–H groups in total. The average molecular weight is 1630 g/mol. The molecule has 9 aromatic rings. The molecule has 0 nitrogen and oxygen atoms in total. The van der Waals surface area contributed by atoms with Crippen LogP contribution in [0.1, 0.15) is 499 Å². The maximum absolute atomic E-state index is 2.97. The van der Waals surface area contributed by atoms with Crippen LogP contribution in [0.15, 0.2) is 158 Å². The van der Waals surface area contributed by atoms with Gasteiger partial charge >= 0.3 is 0 Å². The molecule has 654 valence electrons. The third-order valence-corrected chi connectivity index (χ3v) is 29.9. The molecule has 4 unspecified atom stereocenters. The molecular weight excluding hydrogens is 1470 g/mol. The van der Waals surface area contributed by atoms with E-state index in [2.05, 4.69) is 213 Å². The average Bonchev–Trinajstić information content (AvgIpc) is 1.51. The van der Waals surface area contributed by atoms with Crippen LogP contribution < -0.4 is 0 Å². The van der Waals surface area contributed by atoms with E-state index in [-0.39, 0.29) is 23.7 Å². The Balaban J connectivity index is 1.05. The van der Waals surface area contributed by atoms with Gasteiger partial charge in [0.15, 0.2) is 0 Å². The lowest BCUT2D eigenvalue weighted by atomic mass is 9.76. The lowest BCUT2D eigenvalue weighted by molar-refractivity contribution is 0.575. The van der Waals surface area contributed by atoms with Crippen molar-refractivity contribution in [3.63, 3.8) is 0 Å². The lowest BCUT2D eigenvalue weighted by Crippen LogP contribution is -2.11. The van der Waals surface area contributed by atoms with Gasteiger partial charge in [-0.25, -0.2) is 0 Å². The Morgan fingerprint density at radius 1 is 0.164 bits per heavy atom. The SMILES string of the molecule is CCCCCCCCCCc1ccc(C2c3ccccc3-c3c(CCCCCC)c4c(c(CCCCCC)c32)-c2cc3c(cc2C4c2ccc(CCCCCCCCCC)cc2)-c2c(CCCCCC)c4c(c(CCCCCC)c2C3c2ccc(CCCCCCCCCC)cc2)-c2ccccc2C4c2ccc(CCCCCCCCCC)cc2)cc1. The van der Waals surface area contributed by atoms with Crippen molar-refractivity contribution in [3.05, 3.63) is 269 Å². The molecule has 0 radical (unpaired) electrons. The van der Waals surface area contributed by atoms with Crippen LogP contribution in [0.3, 0.4) is 0 Å². The van der Waals surface area contributed by atoms with Crippen LogP contribution in [-0.2, 0) is 51.4 Å². The zero-order valence-corrected chi connectivity index (χ0v) is 78.9. The number of benzene rings is 9. The molecule has 4 atom stereocenters. The molecule has 9 aromatic carbocycles. The molecule has 0 heteroatoms. The van der Waals surface area contributed by atoms with E-state index in [0.717, 1.165) is 38.5 Å². The number of hydrogen-bond acceptors (Lipinski definition) is 0. The maximum Gasteiger partial charge on any atom is 0.0355 e. The second-order valence-corrected chi connectivity index (χ2v) is 39.1. The molecule has 0 aliphatic heterocycles. The Labute approximate surface area is 747 Å². The quantitative estimate of drug-likeness (QED) is 0.0333. The highest BCUT2D eigenvalue weighted by atomic mass is 14.5. The highest BCUT2D eigenvalue weighted by molar-refractivity contribution is 6.00. The van der Waals surface area contributed by atoms with Crippen LogP contribution in [0.5, 0.6) is 0 Å². The summed E-state index contributed by atoms with van der Waals surface area (Å²) in [5, 5.41) is 0. The van der Waals surface area contributed by atoms with Gasteiger partial charge in [0.25, 0.3) is 0 Å². The van der Waals surface area contributed by atoms with E-state index in [0.29, 0.717) is 0 Å². The van der Waals surface area contributed by atoms with Crippen molar-refractivity contribution in [2.24, 2.45) is 0 Å². The molecule has 0 amide bonds. The summed E-state index contributed by atoms with van der Waals surface area (Å²) in [5.41, 5.74) is 44.3. The van der Waals surface area contributed by atoms with E-state index >= 15 is 0 Å². The summed E-state index contributed by atoms with van der Waals surface area (Å²) in [5.74, 6) is 0.534. The summed E-state index contributed by atoms with van der Waals surface area (Å²) in [4.78, 5) is 0. The molecular formula is C122H166. The summed E-state index contributed by atoms with van der Waals surface area (Å²) in [6, 6.07) is 67.7. The van der Waals surface area contributed by atoms with Gasteiger partial charge in [0.1, 0.15) is 0 Å². The highest BCUT2D eigenvalue weighted by Gasteiger charge is 2.47. The van der Waals surface area contributed by atoms with Crippen molar-refractivity contribution >= 4 is 0 Å². The molecule has 4 aliphatic rings. The van der Waals surface area contributed by atoms with Crippen molar-refractivity contribution in [1.82, 2.24) is 0 Å². The fraction of sp³-hybridized carbons (Fsp3) is 0.557. The molecule has 0 spiro atoms. The molecule has 0 aromatic heterocycles. The first-order valence-corrected chi connectivity index (χ1v) is 52.5. The topological polar surface area (TPSA) is 0 Å². The minimum Gasteiger partial charge on any atom is -0.0654 e. The molecule has 0 fully saturated rings. The van der Waals surface area contributed by atoms with Crippen LogP contribution >= 0.6 is 0 Å². The minimum atomic E-state index is 0.0977. The predicted octanol–water partition coefficient (Wildman–Crippen LogP) is 37.6. The first kappa shape index (κ1) is 92.6. The predicted molar refractivity (Wildman–Crippen MR) is 534 cm³/mol. The second-order valence-electron chi connectivity index (χ2n) is 39.1. The Bertz CT molecular complexity index is 4290. The summed E-state index contributed by atoms with van der Waals surface area (Å²) in [7, 11) is 0. The van der Waals surface area contributed by atoms with Crippen LogP contribution in [0.4, 0.5) is 0 Å². The fourth-order valence-electron chi connectivity index (χ4n) is 23.1. The van der Waals surface area contributed by atoms with Crippen LogP contribution in [-0.4, -0.2) is 0 Å². The van der Waals surface area contributed by atoms with Crippen LogP contribution in [0.25, 0.3) is 44.5 Å². The summed E-state index contributed by atoms with van der Waals surface area (Å²) in [6.45, 7) is 19.1. The van der Waals surface area contributed by atoms with E-state index < -0.39 is 0 Å². The highest BCUT2D eigenvalue weighted by Crippen LogP contribution is 2.65. The van der Waals surface area contributed by atoms with E-state index in [1.165, 1.54) is 388 Å². The molecule has 0 saturated heterocycles. The third-order valence-electron chi connectivity index (χ3n) is 29.9. The van der Waals surface area contributed by atoms with Gasteiger partial charge in [-0.2, -0.15) is 0 Å². The number of unbranched alkanes of at least 4 members (excludes halogenated alkanes) is 40. The lowest BCUT2D eigenvalue weighted by Gasteiger charge is -2.27. The van der Waals surface area contributed by atoms with Crippen molar-refractivity contribution in [2.45, 2.75) is 439 Å². The van der Waals surface area contributed by atoms with Gasteiger partial charge in [-0.05, 0) is 271 Å². The van der Waals surface area contributed by atoms with Gasteiger partial charge in [-0.3, -0.25) is 0 Å². The third kappa shape index (κ3) is 23.2. The van der Waals surface area contributed by atoms with Gasteiger partial charge in [0, 0.05) is 23.7 Å². The largest absolute Gasteiger partial charge is 0.0654 e. The molecule has 0 heterocycles. The Kier molecular flexibility index (Phi) is 37.8. The van der Waals surface area contributed by atoms with E-state index in [1.54, 1.807) is 89.0 Å². The Morgan fingerprint density at radius 2 is 0.344 bits per heavy atom. The fourth-order valence-corrected chi connectivity index (χ4v) is 23.1. The van der Waals surface area contributed by atoms with Crippen LogP contribution in [0.2, 0.25) is 0 Å². The molecule has 122 heavy (non-hydrogen) atoms. The normalized spacial score (nSPS) is 15.1. The van der Waals surface area contributed by atoms with Crippen molar-refractivity contribution in [3.8, 4) is 44.5 Å². The van der Waals surface area contributed by atoms with Gasteiger partial charge in [0.2, 0.25) is 0 Å². The Morgan fingerprint density at radius 3 is 0.574 bits per heavy atom. The maximum atomic E-state index is 2.97. The van der Waals surface area contributed by atoms with E-state index in [4.69, 9.17) is 0 Å². The van der Waals surface area contributed by atoms with Crippen molar-refractivity contribution in [1.29, 1.82) is 0 Å². The molecule has 0 bridgehead atoms. The Hall–Kier alpha value is -7.02. The number of rotatable bonds is 60.